The Morgan fingerprint density at radius 3 is 1.38 bits per heavy atom. The Balaban J connectivity index is 3.56. The molecule has 0 aromatic heterocycles. The third-order valence-corrected chi connectivity index (χ3v) is 7.42. The second-order valence-electron chi connectivity index (χ2n) is 5.85. The van der Waals surface area contributed by atoms with Crippen LogP contribution in [0.25, 0.3) is 0 Å². The van der Waals surface area contributed by atoms with E-state index < -0.39 is 19.0 Å². The first kappa shape index (κ1) is 25.5. The van der Waals surface area contributed by atoms with E-state index in [1.165, 1.54) is 0 Å². The summed E-state index contributed by atoms with van der Waals surface area (Å²) in [5.74, 6) is 0.0281. The quantitative estimate of drug-likeness (QED) is 0.201. The molecule has 0 fully saturated rings. The predicted octanol–water partition coefficient (Wildman–Crippen LogP) is 0.953. The number of nitrogens with one attached hydrogen (secondary N) is 2. The Morgan fingerprint density at radius 1 is 0.731 bits per heavy atom. The van der Waals surface area contributed by atoms with Crippen LogP contribution in [0.15, 0.2) is 0 Å². The SMILES string of the molecule is CCOC(OCC)[SiH2]CCCNC(=O)NCCC[SiH2]C(OCC)OCC. The van der Waals surface area contributed by atoms with Gasteiger partial charge in [0.25, 0.3) is 0 Å². The molecule has 0 aromatic carbocycles. The molecule has 7 nitrogen and oxygen atoms in total. The zero-order chi connectivity index (χ0) is 19.5. The summed E-state index contributed by atoms with van der Waals surface area (Å²) in [4.78, 5) is 11.7. The largest absolute Gasteiger partial charge is 0.357 e. The molecule has 0 bridgehead atoms. The van der Waals surface area contributed by atoms with Crippen molar-refractivity contribution in [2.75, 3.05) is 39.5 Å². The maximum Gasteiger partial charge on any atom is 0.314 e. The third-order valence-electron chi connectivity index (χ3n) is 3.71. The molecule has 0 radical (unpaired) electrons. The minimum Gasteiger partial charge on any atom is -0.357 e. The molecule has 0 saturated heterocycles. The van der Waals surface area contributed by atoms with Crippen LogP contribution in [-0.2, 0) is 18.9 Å². The average molecular weight is 409 g/mol. The van der Waals surface area contributed by atoms with E-state index in [-0.39, 0.29) is 17.9 Å². The number of rotatable bonds is 18. The highest BCUT2D eigenvalue weighted by Crippen LogP contribution is 1.99. The smallest absolute Gasteiger partial charge is 0.314 e. The number of carbonyl (C=O) groups is 1. The van der Waals surface area contributed by atoms with E-state index in [1.807, 2.05) is 27.7 Å². The van der Waals surface area contributed by atoms with Crippen molar-refractivity contribution in [3.8, 4) is 0 Å². The second-order valence-corrected chi connectivity index (χ2v) is 9.76. The van der Waals surface area contributed by atoms with Crippen molar-refractivity contribution in [2.24, 2.45) is 0 Å². The molecule has 0 saturated carbocycles. The van der Waals surface area contributed by atoms with Crippen LogP contribution in [0.3, 0.4) is 0 Å². The maximum absolute atomic E-state index is 11.7. The van der Waals surface area contributed by atoms with E-state index >= 15 is 0 Å². The van der Waals surface area contributed by atoms with Crippen molar-refractivity contribution in [1.82, 2.24) is 10.6 Å². The van der Waals surface area contributed by atoms with Gasteiger partial charge in [0, 0.05) is 39.5 Å². The molecule has 0 spiro atoms. The first-order valence-corrected chi connectivity index (χ1v) is 13.8. The number of hydrogen-bond donors (Lipinski definition) is 2. The van der Waals surface area contributed by atoms with E-state index in [4.69, 9.17) is 18.9 Å². The summed E-state index contributed by atoms with van der Waals surface area (Å²) in [6, 6.07) is 2.13. The van der Waals surface area contributed by atoms with Gasteiger partial charge in [-0.2, -0.15) is 0 Å². The van der Waals surface area contributed by atoms with Crippen molar-refractivity contribution in [1.29, 1.82) is 0 Å². The third kappa shape index (κ3) is 15.8. The summed E-state index contributed by atoms with van der Waals surface area (Å²) in [6.45, 7) is 12.1. The zero-order valence-corrected chi connectivity index (χ0v) is 20.0. The topological polar surface area (TPSA) is 78.1 Å². The molecule has 0 aromatic rings. The predicted molar refractivity (Wildman–Crippen MR) is 111 cm³/mol. The number of hydrogen-bond acceptors (Lipinski definition) is 5. The van der Waals surface area contributed by atoms with Crippen LogP contribution < -0.4 is 10.6 Å². The summed E-state index contributed by atoms with van der Waals surface area (Å²) in [7, 11) is -0.833. The van der Waals surface area contributed by atoms with Crippen LogP contribution in [0, 0.1) is 0 Å². The van der Waals surface area contributed by atoms with Gasteiger partial charge in [-0.15, -0.1) is 0 Å². The zero-order valence-electron chi connectivity index (χ0n) is 17.2. The number of ether oxygens (including phenoxy) is 4. The molecule has 0 unspecified atom stereocenters. The molecule has 0 aliphatic heterocycles. The fourth-order valence-corrected chi connectivity index (χ4v) is 5.86. The highest BCUT2D eigenvalue weighted by Gasteiger charge is 2.09. The van der Waals surface area contributed by atoms with Gasteiger partial charge in [-0.25, -0.2) is 4.79 Å². The van der Waals surface area contributed by atoms with Crippen LogP contribution >= 0.6 is 0 Å². The fraction of sp³-hybridized carbons (Fsp3) is 0.941. The van der Waals surface area contributed by atoms with Crippen molar-refractivity contribution in [3.05, 3.63) is 0 Å². The van der Waals surface area contributed by atoms with E-state index in [0.717, 1.165) is 24.9 Å². The minimum absolute atomic E-state index is 0.0141. The first-order chi connectivity index (χ1) is 12.7. The van der Waals surface area contributed by atoms with Gasteiger partial charge >= 0.3 is 6.03 Å². The molecule has 0 heterocycles. The lowest BCUT2D eigenvalue weighted by Gasteiger charge is -2.16. The molecule has 0 aliphatic carbocycles. The number of amides is 2. The molecule has 0 atom stereocenters. The lowest BCUT2D eigenvalue weighted by molar-refractivity contribution is -0.0830. The van der Waals surface area contributed by atoms with Gasteiger partial charge in [0.15, 0.2) is 0 Å². The molecule has 2 amide bonds. The second kappa shape index (κ2) is 19.3. The van der Waals surface area contributed by atoms with Crippen LogP contribution in [0.2, 0.25) is 12.1 Å². The Hall–Kier alpha value is -0.456. The van der Waals surface area contributed by atoms with Gasteiger partial charge in [-0.3, -0.25) is 0 Å². The van der Waals surface area contributed by atoms with Gasteiger partial charge in [0.2, 0.25) is 0 Å². The van der Waals surface area contributed by atoms with Crippen LogP contribution in [-0.4, -0.2) is 76.4 Å². The van der Waals surface area contributed by atoms with E-state index in [9.17, 15) is 4.79 Å². The molecule has 26 heavy (non-hydrogen) atoms. The Labute approximate surface area is 163 Å². The Bertz CT molecular complexity index is 288. The highest BCUT2D eigenvalue weighted by atomic mass is 28.2. The summed E-state index contributed by atoms with van der Waals surface area (Å²) < 4.78 is 22.2. The lowest BCUT2D eigenvalue weighted by Crippen LogP contribution is -2.37. The Morgan fingerprint density at radius 2 is 1.08 bits per heavy atom. The minimum atomic E-state index is -0.417. The standard InChI is InChI=1S/C17H40N2O5Si2/c1-5-21-16(22-6-2)25-13-9-11-18-15(20)19-12-10-14-26-17(23-7-3)24-8-4/h16-17H,5-14,25-26H2,1-4H3,(H2,18,19,20). The van der Waals surface area contributed by atoms with E-state index in [1.54, 1.807) is 0 Å². The van der Waals surface area contributed by atoms with Crippen LogP contribution in [0.1, 0.15) is 40.5 Å². The Kier molecular flexibility index (Phi) is 19.0. The maximum atomic E-state index is 11.7. The summed E-state index contributed by atoms with van der Waals surface area (Å²) in [5.41, 5.74) is 0. The molecule has 0 aliphatic rings. The van der Waals surface area contributed by atoms with Gasteiger partial charge < -0.3 is 29.6 Å². The summed E-state index contributed by atoms with van der Waals surface area (Å²) in [6.07, 6.45) is 1.96. The molecule has 156 valence electrons. The summed E-state index contributed by atoms with van der Waals surface area (Å²) >= 11 is 0. The summed E-state index contributed by atoms with van der Waals surface area (Å²) in [5, 5.41) is 5.83. The number of carbonyl (C=O) groups excluding carboxylic acids is 1. The fourth-order valence-electron chi connectivity index (χ4n) is 2.51. The van der Waals surface area contributed by atoms with Crippen LogP contribution in [0.4, 0.5) is 4.79 Å². The average Bonchev–Trinajstić information content (AvgIpc) is 2.61. The van der Waals surface area contributed by atoms with Gasteiger partial charge in [0.1, 0.15) is 11.8 Å². The monoisotopic (exact) mass is 408 g/mol. The van der Waals surface area contributed by atoms with Crippen molar-refractivity contribution in [2.45, 2.75) is 64.5 Å². The van der Waals surface area contributed by atoms with Gasteiger partial charge in [-0.05, 0) is 40.5 Å². The lowest BCUT2D eigenvalue weighted by atomic mass is 10.4. The van der Waals surface area contributed by atoms with E-state index in [2.05, 4.69) is 10.6 Å². The normalized spacial score (nSPS) is 12.2. The highest BCUT2D eigenvalue weighted by molar-refractivity contribution is 6.36. The molecule has 2 N–H and O–H groups in total. The van der Waals surface area contributed by atoms with Crippen molar-refractivity contribution >= 4 is 25.1 Å². The molecular weight excluding hydrogens is 368 g/mol. The van der Waals surface area contributed by atoms with E-state index in [0.29, 0.717) is 39.5 Å². The van der Waals surface area contributed by atoms with Crippen molar-refractivity contribution in [3.63, 3.8) is 0 Å². The molecular formula is C17H40N2O5Si2. The number of urea groups is 1. The van der Waals surface area contributed by atoms with Gasteiger partial charge in [-0.1, -0.05) is 12.1 Å². The molecule has 0 rings (SSSR count). The van der Waals surface area contributed by atoms with Crippen molar-refractivity contribution < 1.29 is 23.7 Å². The van der Waals surface area contributed by atoms with Gasteiger partial charge in [0.05, 0.1) is 19.0 Å². The van der Waals surface area contributed by atoms with Crippen LogP contribution in [0.5, 0.6) is 0 Å². The molecule has 9 heteroatoms. The first-order valence-electron chi connectivity index (χ1n) is 10.2.